The van der Waals surface area contributed by atoms with Crippen LogP contribution in [0.4, 0.5) is 17.5 Å². The number of aromatic nitrogens is 15. The number of carbonyl (C=O) groups is 3. The van der Waals surface area contributed by atoms with Crippen LogP contribution in [0.25, 0.3) is 63.8 Å². The number of ether oxygens (including phenoxy) is 4. The molecule has 0 atom stereocenters. The van der Waals surface area contributed by atoms with E-state index in [4.69, 9.17) is 18.9 Å². The Labute approximate surface area is 512 Å². The largest absolute Gasteiger partial charge is 0.497 e. The number of nitrogens with one attached hydrogen (secondary N) is 6. The van der Waals surface area contributed by atoms with Crippen molar-refractivity contribution in [2.45, 2.75) is 33.6 Å². The smallest absolute Gasteiger partial charge is 0.256 e. The summed E-state index contributed by atoms with van der Waals surface area (Å²) in [6.07, 6.45) is 9.83. The van der Waals surface area contributed by atoms with E-state index in [1.165, 1.54) is 53.0 Å². The lowest BCUT2D eigenvalue weighted by Crippen LogP contribution is -2.15. The Hall–Kier alpha value is -10.5. The fourth-order valence-electron chi connectivity index (χ4n) is 7.96. The maximum absolute atomic E-state index is 12.6. The van der Waals surface area contributed by atoms with Crippen molar-refractivity contribution in [1.82, 2.24) is 75.4 Å². The molecule has 0 radical (unpaired) electrons. The lowest BCUT2D eigenvalue weighted by molar-refractivity contribution is -0.116. The Morgan fingerprint density at radius 1 is 0.494 bits per heavy atom. The molecule has 0 aliphatic rings. The average molecular weight is 1240 g/mol. The number of hydrogen-bond donors (Lipinski definition) is 6. The van der Waals surface area contributed by atoms with Crippen LogP contribution in [0.3, 0.4) is 0 Å². The highest BCUT2D eigenvalue weighted by Gasteiger charge is 2.22. The zero-order chi connectivity index (χ0) is 60.3. The molecule has 2 aromatic carbocycles. The Morgan fingerprint density at radius 2 is 0.954 bits per heavy atom. The first-order valence-electron chi connectivity index (χ1n) is 26.6. The fraction of sp³-hybridized carbons (Fsp3) is 0.155. The summed E-state index contributed by atoms with van der Waals surface area (Å²) in [7, 11) is 1.56. The molecule has 0 saturated heterocycles. The molecule has 0 unspecified atom stereocenters. The number of methoxy groups -OCH3 is 1. The van der Waals surface area contributed by atoms with Gasteiger partial charge in [-0.05, 0) is 92.4 Å². The molecule has 10 heterocycles. The van der Waals surface area contributed by atoms with E-state index < -0.39 is 0 Å². The van der Waals surface area contributed by atoms with Gasteiger partial charge in [0, 0.05) is 45.7 Å². The predicted molar refractivity (Wildman–Crippen MR) is 332 cm³/mol. The second-order valence-corrected chi connectivity index (χ2v) is 21.8. The Morgan fingerprint density at radius 3 is 1.37 bits per heavy atom. The molecule has 3 amide bonds. The molecule has 0 aliphatic heterocycles. The zero-order valence-electron chi connectivity index (χ0n) is 46.7. The minimum atomic E-state index is -0.282. The number of carbonyl (C=O) groups excluding carboxylic acids is 3. The molecule has 440 valence electrons. The Balaban J connectivity index is 0.000000145. The third-order valence-corrected chi connectivity index (χ3v) is 15.9. The van der Waals surface area contributed by atoms with Gasteiger partial charge in [-0.2, -0.15) is 15.3 Å². The first-order valence-corrected chi connectivity index (χ1v) is 29.9. The van der Waals surface area contributed by atoms with Crippen LogP contribution < -0.4 is 34.9 Å². The van der Waals surface area contributed by atoms with Gasteiger partial charge in [0.25, 0.3) is 5.91 Å². The lowest BCUT2D eigenvalue weighted by atomic mass is 10.1. The van der Waals surface area contributed by atoms with Crippen molar-refractivity contribution in [3.63, 3.8) is 0 Å². The van der Waals surface area contributed by atoms with Crippen molar-refractivity contribution < 1.29 is 33.3 Å². The van der Waals surface area contributed by atoms with E-state index in [1.54, 1.807) is 79.5 Å². The van der Waals surface area contributed by atoms with Gasteiger partial charge in [-0.15, -0.1) is 45.3 Å². The minimum absolute atomic E-state index is 0.108. The van der Waals surface area contributed by atoms with Gasteiger partial charge in [-0.1, -0.05) is 42.5 Å². The number of rotatable bonds is 21. The molecule has 0 fully saturated rings. The highest BCUT2D eigenvalue weighted by atomic mass is 32.1. The van der Waals surface area contributed by atoms with Gasteiger partial charge < -0.3 is 34.9 Å². The second-order valence-electron chi connectivity index (χ2n) is 17.8. The predicted octanol–water partition coefficient (Wildman–Crippen LogP) is 10.9. The number of aromatic amines is 3. The number of pyridine rings is 3. The highest BCUT2D eigenvalue weighted by Crippen LogP contribution is 2.41. The molecule has 0 saturated carbocycles. The summed E-state index contributed by atoms with van der Waals surface area (Å²) in [4.78, 5) is 79.4. The molecule has 6 N–H and O–H groups in total. The summed E-state index contributed by atoms with van der Waals surface area (Å²) in [6.45, 7) is 7.14. The van der Waals surface area contributed by atoms with E-state index in [-0.39, 0.29) is 24.1 Å². The van der Waals surface area contributed by atoms with Gasteiger partial charge in [0.2, 0.25) is 29.5 Å². The van der Waals surface area contributed by atoms with E-state index in [0.29, 0.717) is 95.1 Å². The van der Waals surface area contributed by atoms with Crippen LogP contribution in [0.15, 0.2) is 146 Å². The van der Waals surface area contributed by atoms with Gasteiger partial charge in [-0.3, -0.25) is 29.7 Å². The molecule has 0 aliphatic carbocycles. The quantitative estimate of drug-likeness (QED) is 0.0389. The van der Waals surface area contributed by atoms with Crippen molar-refractivity contribution in [3.8, 4) is 87.2 Å². The number of anilines is 3. The molecule has 87 heavy (non-hydrogen) atoms. The van der Waals surface area contributed by atoms with Crippen molar-refractivity contribution in [2.24, 2.45) is 0 Å². The first kappa shape index (κ1) is 59.7. The van der Waals surface area contributed by atoms with Crippen molar-refractivity contribution in [2.75, 3.05) is 42.9 Å². The van der Waals surface area contributed by atoms with Crippen LogP contribution in [0.5, 0.6) is 23.4 Å². The molecular formula is C58H52N18O7S4. The Kier molecular flexibility index (Phi) is 20.1. The lowest BCUT2D eigenvalue weighted by Gasteiger charge is -2.07. The minimum Gasteiger partial charge on any atom is -0.497 e. The Bertz CT molecular complexity index is 4160. The van der Waals surface area contributed by atoms with Crippen molar-refractivity contribution in [1.29, 1.82) is 0 Å². The first-order chi connectivity index (χ1) is 42.6. The van der Waals surface area contributed by atoms with E-state index in [0.717, 1.165) is 51.8 Å². The van der Waals surface area contributed by atoms with Crippen LogP contribution in [0, 0.1) is 0 Å². The van der Waals surface area contributed by atoms with Gasteiger partial charge in [-0.25, -0.2) is 44.9 Å². The molecule has 12 aromatic rings. The second kappa shape index (κ2) is 29.4. The SMILES string of the molecule is CCOc1nc(-c2ccnc(NC(=O)Cc3ccccc3)c2)sc1-c1ncn[nH]1.CCOc1nc(-c2ccnc(NC(=O)Cc3cccs3)c2)sc1-c1ncn[nH]1.CCOc1nc(-c2ccnc(NC(=O)c3cccc(OC)c3)c2)sc1-c1ncn[nH]1. The summed E-state index contributed by atoms with van der Waals surface area (Å²) in [5, 5.41) is 32.8. The summed E-state index contributed by atoms with van der Waals surface area (Å²) >= 11 is 5.83. The van der Waals surface area contributed by atoms with Crippen molar-refractivity contribution >= 4 is 80.5 Å². The van der Waals surface area contributed by atoms with Gasteiger partial charge >= 0.3 is 0 Å². The van der Waals surface area contributed by atoms with Gasteiger partial charge in [0.05, 0.1) is 39.8 Å². The fourth-order valence-corrected chi connectivity index (χ4v) is 11.5. The van der Waals surface area contributed by atoms with Crippen LogP contribution in [0.1, 0.15) is 41.6 Å². The van der Waals surface area contributed by atoms with Gasteiger partial charge in [0.1, 0.15) is 71.8 Å². The molecule has 0 spiro atoms. The van der Waals surface area contributed by atoms with E-state index in [1.807, 2.05) is 86.8 Å². The zero-order valence-corrected chi connectivity index (χ0v) is 50.0. The van der Waals surface area contributed by atoms with Crippen LogP contribution in [-0.2, 0) is 22.4 Å². The van der Waals surface area contributed by atoms with Crippen LogP contribution in [0.2, 0.25) is 0 Å². The molecular weight excluding hydrogens is 1190 g/mol. The maximum Gasteiger partial charge on any atom is 0.256 e. The number of amides is 3. The third kappa shape index (κ3) is 15.8. The standard InChI is InChI=1S/C20H18N6O3S.C20H18N6O2S.C18H16N6O2S2/c1-3-29-19-16(17-22-11-23-26-17)30-20(25-19)13-7-8-21-15(10-13)24-18(27)12-5-4-6-14(9-12)28-2;1-2-28-19-17(18-22-12-23-26-18)29-20(25-19)14-8-9-21-15(11-14)24-16(27)10-13-6-4-3-5-7-13;1-2-26-17-15(16-20-10-21-24-16)28-18(23-17)11-5-6-19-13(8-11)22-14(25)9-12-4-3-7-27-12/h4-11H,3H2,1-2H3,(H,21,24,27)(H,22,23,26);3-9,11-12H,2,10H2,1H3,(H,21,24,27)(H,22,23,26);3-8,10H,2,9H2,1H3,(H,19,22,25)(H,20,21,24). The average Bonchev–Trinajstić information content (AvgIpc) is 3.72. The topological polar surface area (TPSA) is 326 Å². The monoisotopic (exact) mass is 1240 g/mol. The van der Waals surface area contributed by atoms with Gasteiger partial charge in [0.15, 0.2) is 17.5 Å². The third-order valence-electron chi connectivity index (χ3n) is 11.8. The van der Waals surface area contributed by atoms with Crippen LogP contribution >= 0.6 is 45.3 Å². The van der Waals surface area contributed by atoms with Crippen LogP contribution in [-0.4, -0.2) is 120 Å². The van der Waals surface area contributed by atoms with E-state index in [9.17, 15) is 14.4 Å². The van der Waals surface area contributed by atoms with E-state index >= 15 is 0 Å². The summed E-state index contributed by atoms with van der Waals surface area (Å²) < 4.78 is 22.1. The summed E-state index contributed by atoms with van der Waals surface area (Å²) in [5.74, 6) is 4.71. The molecule has 12 rings (SSSR count). The summed E-state index contributed by atoms with van der Waals surface area (Å²) in [5.41, 5.74) is 3.87. The number of H-pyrrole nitrogens is 3. The van der Waals surface area contributed by atoms with Crippen molar-refractivity contribution in [3.05, 3.63) is 162 Å². The number of nitrogens with zero attached hydrogens (tertiary/aromatic N) is 12. The van der Waals surface area contributed by atoms with E-state index in [2.05, 4.69) is 91.4 Å². The molecule has 25 nitrogen and oxygen atoms in total. The number of thiophene rings is 1. The normalized spacial score (nSPS) is 10.7. The highest BCUT2D eigenvalue weighted by molar-refractivity contribution is 7.19. The molecule has 10 aromatic heterocycles. The number of benzene rings is 2. The maximum atomic E-state index is 12.6. The number of hydrogen-bond acceptors (Lipinski definition) is 23. The molecule has 29 heteroatoms. The number of thiazole rings is 3. The summed E-state index contributed by atoms with van der Waals surface area (Å²) in [6, 6.07) is 31.2. The molecule has 0 bridgehead atoms.